The largest absolute Gasteiger partial charge is 0.392 e. The van der Waals surface area contributed by atoms with Gasteiger partial charge in [-0.25, -0.2) is 9.78 Å². The molecule has 6 heterocycles. The van der Waals surface area contributed by atoms with E-state index in [1.54, 1.807) is 11.9 Å². The van der Waals surface area contributed by atoms with Crippen LogP contribution in [0.5, 0.6) is 0 Å². The van der Waals surface area contributed by atoms with Crippen molar-refractivity contribution in [3.63, 3.8) is 0 Å². The normalized spacial score (nSPS) is 22.4. The number of thiophene rings is 1. The Morgan fingerprint density at radius 2 is 1.93 bits per heavy atom. The smallest absolute Gasteiger partial charge is 0.362 e. The number of aryl methyl sites for hydroxylation is 1. The van der Waals surface area contributed by atoms with Gasteiger partial charge in [0.2, 0.25) is 5.95 Å². The van der Waals surface area contributed by atoms with Crippen LogP contribution in [0.2, 0.25) is 0 Å². The molecule has 3 N–H and O–H groups in total. The van der Waals surface area contributed by atoms with E-state index in [1.165, 1.54) is 22.4 Å². The van der Waals surface area contributed by atoms with Crippen LogP contribution in [0.3, 0.4) is 0 Å². The molecule has 1 amide bonds. The number of nitrogen functional groups attached to an aromatic ring is 1. The van der Waals surface area contributed by atoms with Gasteiger partial charge in [-0.1, -0.05) is 9.95 Å². The number of carbonyl (C=O) groups excluding carboxylic acids is 1. The van der Waals surface area contributed by atoms with Gasteiger partial charge in [0.25, 0.3) is 0 Å². The maximum Gasteiger partial charge on any atom is 0.362 e. The number of anilines is 3. The van der Waals surface area contributed by atoms with E-state index in [1.807, 2.05) is 19.1 Å². The fourth-order valence-corrected chi connectivity index (χ4v) is 10.5. The second kappa shape index (κ2) is 14.9. The third kappa shape index (κ3) is 6.68. The highest BCUT2D eigenvalue weighted by Crippen LogP contribution is 2.55. The number of nitrogens with zero attached hydrogens (tertiary/aromatic N) is 12. The molecule has 1 spiro atoms. The summed E-state index contributed by atoms with van der Waals surface area (Å²) in [7, 11) is 1.75. The maximum absolute atomic E-state index is 13.2. The highest BCUT2D eigenvalue weighted by molar-refractivity contribution is 7.16. The molecule has 0 aromatic carbocycles. The Bertz CT molecular complexity index is 2150. The molecule has 0 saturated carbocycles. The number of nitrogens with two attached hydrogens (primary N) is 1. The molecule has 2 aliphatic heterocycles. The molecule has 3 atom stereocenters. The quantitative estimate of drug-likeness (QED) is 0.286. The topological polar surface area (TPSA) is 206 Å². The highest BCUT2D eigenvalue weighted by Gasteiger charge is 2.49. The number of hydrogen-bond acceptors (Lipinski definition) is 15. The Labute approximate surface area is 324 Å². The van der Waals surface area contributed by atoms with E-state index in [0.717, 1.165) is 97.8 Å². The molecule has 2 aliphatic carbocycles. The standard InChI is InChI=1S/C38H47N13O3S/c1-23-21-48(22-24(2)52)13-6-14-50(23)36-43-29(17-31(44-36)49-15-9-26(10-16-49)47(3)37(53)51-42-20-25(18-39)45-51)33-27-7-4-11-38(34(27)54-46-33)12-5-8-30-32(38)28(19-40)35(41)55-30/h17,20,23-24,26,52H,4-16,21-22,41H2,1-3H3/t23?,24?,38-/m0/s1. The number of amides is 1. The lowest BCUT2D eigenvalue weighted by Gasteiger charge is -2.39. The summed E-state index contributed by atoms with van der Waals surface area (Å²) in [6.45, 7) is 8.36. The number of β-amino-alcohol motifs (C(OH)–C–C–N with tert-alkyl or cyclic N) is 1. The Morgan fingerprint density at radius 1 is 1.15 bits per heavy atom. The van der Waals surface area contributed by atoms with Crippen LogP contribution < -0.4 is 15.5 Å². The second-order valence-corrected chi connectivity index (χ2v) is 16.7. The summed E-state index contributed by atoms with van der Waals surface area (Å²) in [4.78, 5) is 34.3. The summed E-state index contributed by atoms with van der Waals surface area (Å²) in [6.07, 6.45) is 8.56. The van der Waals surface area contributed by atoms with Crippen molar-refractivity contribution in [1.29, 1.82) is 10.5 Å². The van der Waals surface area contributed by atoms with Crippen LogP contribution in [0.25, 0.3) is 11.4 Å². The van der Waals surface area contributed by atoms with Gasteiger partial charge in [-0.2, -0.15) is 20.6 Å². The second-order valence-electron chi connectivity index (χ2n) is 15.5. The predicted octanol–water partition coefficient (Wildman–Crippen LogP) is 3.92. The summed E-state index contributed by atoms with van der Waals surface area (Å²) in [5.74, 6) is 2.26. The molecular weight excluding hydrogens is 719 g/mol. The molecule has 2 unspecified atom stereocenters. The Hall–Kier alpha value is -5.10. The van der Waals surface area contributed by atoms with Gasteiger partial charge in [-0.3, -0.25) is 4.90 Å². The monoisotopic (exact) mass is 765 g/mol. The van der Waals surface area contributed by atoms with Crippen molar-refractivity contribution in [2.45, 2.75) is 95.2 Å². The first kappa shape index (κ1) is 36.9. The van der Waals surface area contributed by atoms with Gasteiger partial charge in [0.15, 0.2) is 11.5 Å². The van der Waals surface area contributed by atoms with Crippen LogP contribution in [0.15, 0.2) is 16.8 Å². The minimum absolute atomic E-state index is 0.0461. The third-order valence-electron chi connectivity index (χ3n) is 11.9. The number of aromatic nitrogens is 6. The Morgan fingerprint density at radius 3 is 2.65 bits per heavy atom. The molecule has 55 heavy (non-hydrogen) atoms. The molecule has 288 valence electrons. The number of rotatable bonds is 6. The van der Waals surface area contributed by atoms with E-state index >= 15 is 0 Å². The van der Waals surface area contributed by atoms with E-state index in [-0.39, 0.29) is 23.8 Å². The van der Waals surface area contributed by atoms with Crippen molar-refractivity contribution >= 4 is 34.1 Å². The van der Waals surface area contributed by atoms with Gasteiger partial charge in [-0.05, 0) is 77.2 Å². The molecular formula is C38H47N13O3S. The van der Waals surface area contributed by atoms with Gasteiger partial charge < -0.3 is 30.1 Å². The van der Waals surface area contributed by atoms with Gasteiger partial charge >= 0.3 is 6.03 Å². The molecule has 4 aromatic rings. The molecule has 4 aliphatic rings. The average molecular weight is 766 g/mol. The molecule has 2 fully saturated rings. The fourth-order valence-electron chi connectivity index (χ4n) is 9.35. The van der Waals surface area contributed by atoms with E-state index in [9.17, 15) is 15.2 Å². The van der Waals surface area contributed by atoms with E-state index < -0.39 is 11.5 Å². The van der Waals surface area contributed by atoms with E-state index in [4.69, 9.17) is 30.6 Å². The Balaban J connectivity index is 1.13. The number of aliphatic hydroxyl groups excluding tert-OH is 1. The lowest BCUT2D eigenvalue weighted by atomic mass is 9.63. The molecule has 8 rings (SSSR count). The Kier molecular flexibility index (Phi) is 9.96. The number of aliphatic hydroxyl groups is 1. The van der Waals surface area contributed by atoms with Crippen LogP contribution in [0.4, 0.5) is 21.6 Å². The zero-order chi connectivity index (χ0) is 38.4. The lowest BCUT2D eigenvalue weighted by molar-refractivity contribution is 0.127. The van der Waals surface area contributed by atoms with Gasteiger partial charge in [0.05, 0.1) is 23.3 Å². The van der Waals surface area contributed by atoms with Crippen molar-refractivity contribution < 1.29 is 14.4 Å². The number of nitriles is 2. The van der Waals surface area contributed by atoms with Crippen molar-refractivity contribution in [2.75, 3.05) is 61.8 Å². The number of carbonyl (C=O) groups is 1. The summed E-state index contributed by atoms with van der Waals surface area (Å²) < 4.78 is 6.39. The first-order chi connectivity index (χ1) is 26.6. The molecule has 0 bridgehead atoms. The third-order valence-corrected chi connectivity index (χ3v) is 13.0. The summed E-state index contributed by atoms with van der Waals surface area (Å²) in [5, 5.41) is 42.8. The zero-order valence-electron chi connectivity index (χ0n) is 31.6. The van der Waals surface area contributed by atoms with Gasteiger partial charge in [0, 0.05) is 74.9 Å². The van der Waals surface area contributed by atoms with Crippen molar-refractivity contribution in [3.05, 3.63) is 45.3 Å². The van der Waals surface area contributed by atoms with Crippen LogP contribution in [0.1, 0.15) is 91.8 Å². The van der Waals surface area contributed by atoms with Crippen LogP contribution in [0, 0.1) is 22.7 Å². The zero-order valence-corrected chi connectivity index (χ0v) is 32.4. The first-order valence-electron chi connectivity index (χ1n) is 19.3. The molecule has 16 nitrogen and oxygen atoms in total. The minimum Gasteiger partial charge on any atom is -0.392 e. The van der Waals surface area contributed by atoms with Gasteiger partial charge in [0.1, 0.15) is 34.3 Å². The number of fused-ring (bicyclic) bond motifs is 4. The molecule has 17 heteroatoms. The van der Waals surface area contributed by atoms with Gasteiger partial charge in [-0.15, -0.1) is 16.4 Å². The molecule has 0 radical (unpaired) electrons. The first-order valence-corrected chi connectivity index (χ1v) is 20.1. The molecule has 2 saturated heterocycles. The van der Waals surface area contributed by atoms with E-state index in [2.05, 4.69) is 37.9 Å². The summed E-state index contributed by atoms with van der Waals surface area (Å²) in [5.41, 5.74) is 10.1. The number of hydrogen-bond donors (Lipinski definition) is 2. The van der Waals surface area contributed by atoms with Crippen LogP contribution >= 0.6 is 11.3 Å². The highest BCUT2D eigenvalue weighted by atomic mass is 32.1. The average Bonchev–Trinajstić information content (AvgIpc) is 3.90. The van der Waals surface area contributed by atoms with Crippen molar-refractivity contribution in [3.8, 4) is 23.5 Å². The minimum atomic E-state index is -0.440. The molecule has 4 aromatic heterocycles. The number of piperidine rings is 1. The van der Waals surface area contributed by atoms with E-state index in [0.29, 0.717) is 54.7 Å². The summed E-state index contributed by atoms with van der Waals surface area (Å²) >= 11 is 1.54. The maximum atomic E-state index is 13.2. The summed E-state index contributed by atoms with van der Waals surface area (Å²) in [6, 6.07) is 6.02. The van der Waals surface area contributed by atoms with Crippen LogP contribution in [-0.4, -0.2) is 116 Å². The SMILES string of the molecule is CC(O)CN1CCCN(c2nc(-c3noc4c3CCC[C@@]43CCCc4sc(N)c(C#N)c43)cc(N3CCC(N(C)C(=O)n4ncc(C#N)n4)CC3)n2)C(C)C1. The lowest BCUT2D eigenvalue weighted by Crippen LogP contribution is -2.47. The fraction of sp³-hybridized carbons (Fsp3) is 0.579. The predicted molar refractivity (Wildman–Crippen MR) is 206 cm³/mol. The van der Waals surface area contributed by atoms with Crippen LogP contribution in [-0.2, 0) is 18.3 Å². The van der Waals surface area contributed by atoms with Crippen molar-refractivity contribution in [1.82, 2.24) is 39.9 Å². The van der Waals surface area contributed by atoms with Crippen molar-refractivity contribution in [2.24, 2.45) is 0 Å².